The highest BCUT2D eigenvalue weighted by molar-refractivity contribution is 7.10. The SMILES string of the molecule is CCN(CC(C=O)CCN(C)C(C(=O)NC(C=O)Cc1nc(-c2ccc3c(c2)c(CC(C)(C)COC=O)c(-c2cccnc2C(C)OC)n3CC)cs1)C(C)C)C(=O)C#CC(C)(C)N(C)C. The topological polar surface area (TPSA) is 156 Å². The number of thiazole rings is 1. The Bertz CT molecular complexity index is 2360. The first-order chi connectivity index (χ1) is 31.3. The average Bonchev–Trinajstić information content (AvgIpc) is 3.88. The number of carbonyl (C=O) groups excluding carboxylic acids is 5. The van der Waals surface area contributed by atoms with Gasteiger partial charge in [-0.25, -0.2) is 4.98 Å². The number of likely N-dealkylation sites (N-methyl/N-ethyl adjacent to an activating group) is 1. The highest BCUT2D eigenvalue weighted by Crippen LogP contribution is 2.42. The summed E-state index contributed by atoms with van der Waals surface area (Å²) in [7, 11) is 7.31. The van der Waals surface area contributed by atoms with Crippen molar-refractivity contribution in [1.29, 1.82) is 0 Å². The van der Waals surface area contributed by atoms with E-state index in [0.29, 0.717) is 44.0 Å². The van der Waals surface area contributed by atoms with E-state index in [0.717, 1.165) is 57.2 Å². The van der Waals surface area contributed by atoms with Crippen LogP contribution in [0, 0.1) is 29.1 Å². The molecule has 0 aliphatic rings. The zero-order valence-corrected chi connectivity index (χ0v) is 42.1. The van der Waals surface area contributed by atoms with Crippen LogP contribution in [0.1, 0.15) is 91.1 Å². The molecule has 15 heteroatoms. The fourth-order valence-corrected chi connectivity index (χ4v) is 8.99. The minimum absolute atomic E-state index is 0.105. The number of carbonyl (C=O) groups is 5. The molecule has 4 aromatic rings. The number of benzene rings is 1. The Hall–Kier alpha value is -5.27. The maximum absolute atomic E-state index is 13.9. The molecule has 14 nitrogen and oxygen atoms in total. The standard InChI is InChI=1S/C51H71N7O7S/c1-14-57(45(62)20-22-51(8,9)55(10)11)28-36(29-59)21-24-56(12)47(34(3)4)49(63)53-38(30-60)26-44-54-42(31-66-44)37-18-19-43-40(25-37)41(27-50(6,7)32-65-33-61)48(58(43)15-2)39-17-16-23-52-46(39)35(5)64-13/h16-19,23,25,29-31,33-36,38,47H,14-15,21,24,26-28,32H2,1-13H3,(H,53,63). The van der Waals surface area contributed by atoms with Crippen molar-refractivity contribution in [3.8, 4) is 34.4 Å². The lowest BCUT2D eigenvalue weighted by molar-refractivity contribution is -0.131. The van der Waals surface area contributed by atoms with Crippen LogP contribution in [-0.2, 0) is 52.8 Å². The number of amides is 2. The van der Waals surface area contributed by atoms with Gasteiger partial charge in [0.2, 0.25) is 5.91 Å². The molecule has 0 aliphatic carbocycles. The van der Waals surface area contributed by atoms with Crippen molar-refractivity contribution in [3.63, 3.8) is 0 Å². The van der Waals surface area contributed by atoms with Gasteiger partial charge in [0.15, 0.2) is 0 Å². The molecule has 2 amide bonds. The highest BCUT2D eigenvalue weighted by atomic mass is 32.1. The van der Waals surface area contributed by atoms with E-state index in [1.165, 1.54) is 11.3 Å². The van der Waals surface area contributed by atoms with Gasteiger partial charge in [-0.3, -0.25) is 29.2 Å². The Balaban J connectivity index is 1.55. The van der Waals surface area contributed by atoms with Crippen LogP contribution < -0.4 is 5.32 Å². The number of methoxy groups -OCH3 is 1. The lowest BCUT2D eigenvalue weighted by atomic mass is 9.84. The molecule has 358 valence electrons. The molecule has 0 saturated carbocycles. The molecule has 0 saturated heterocycles. The number of aryl methyl sites for hydroxylation is 1. The molecular formula is C51H71N7O7S. The highest BCUT2D eigenvalue weighted by Gasteiger charge is 2.31. The van der Waals surface area contributed by atoms with E-state index in [1.54, 1.807) is 18.2 Å². The number of hydrogen-bond donors (Lipinski definition) is 1. The third-order valence-corrected chi connectivity index (χ3v) is 13.3. The lowest BCUT2D eigenvalue weighted by Gasteiger charge is -2.32. The first-order valence-corrected chi connectivity index (χ1v) is 23.7. The summed E-state index contributed by atoms with van der Waals surface area (Å²) < 4.78 is 13.3. The Kier molecular flexibility index (Phi) is 19.4. The van der Waals surface area contributed by atoms with Gasteiger partial charge in [-0.05, 0) is 117 Å². The summed E-state index contributed by atoms with van der Waals surface area (Å²) in [5.74, 6) is 4.60. The van der Waals surface area contributed by atoms with Crippen molar-refractivity contribution in [2.45, 2.75) is 112 Å². The van der Waals surface area contributed by atoms with Crippen LogP contribution in [0.5, 0.6) is 0 Å². The number of rotatable bonds is 25. The zero-order chi connectivity index (χ0) is 48.9. The molecule has 1 aromatic carbocycles. The number of aromatic nitrogens is 3. The van der Waals surface area contributed by atoms with Gasteiger partial charge in [0, 0.05) is 78.1 Å². The Morgan fingerprint density at radius 3 is 2.36 bits per heavy atom. The van der Waals surface area contributed by atoms with Crippen LogP contribution >= 0.6 is 11.3 Å². The van der Waals surface area contributed by atoms with Gasteiger partial charge < -0.3 is 33.8 Å². The normalized spacial score (nSPS) is 13.8. The predicted octanol–water partition coefficient (Wildman–Crippen LogP) is 6.88. The van der Waals surface area contributed by atoms with Crippen LogP contribution in [0.15, 0.2) is 41.9 Å². The van der Waals surface area contributed by atoms with Crippen LogP contribution in [0.25, 0.3) is 33.4 Å². The van der Waals surface area contributed by atoms with E-state index in [1.807, 2.05) is 83.9 Å². The molecule has 4 unspecified atom stereocenters. The van der Waals surface area contributed by atoms with Crippen molar-refractivity contribution in [3.05, 3.63) is 58.2 Å². The van der Waals surface area contributed by atoms with Crippen molar-refractivity contribution >= 4 is 53.1 Å². The van der Waals surface area contributed by atoms with Gasteiger partial charge in [0.05, 0.1) is 52.4 Å². The van der Waals surface area contributed by atoms with Crippen molar-refractivity contribution in [2.75, 3.05) is 54.5 Å². The Morgan fingerprint density at radius 2 is 1.76 bits per heavy atom. The van der Waals surface area contributed by atoms with Gasteiger partial charge in [0.25, 0.3) is 12.4 Å². The van der Waals surface area contributed by atoms with E-state index in [9.17, 15) is 24.0 Å². The van der Waals surface area contributed by atoms with Gasteiger partial charge >= 0.3 is 0 Å². The molecule has 3 heterocycles. The first kappa shape index (κ1) is 53.3. The molecule has 4 rings (SSSR count). The fourth-order valence-electron chi connectivity index (χ4n) is 8.13. The number of pyridine rings is 1. The van der Waals surface area contributed by atoms with Gasteiger partial charge in [0.1, 0.15) is 12.6 Å². The second kappa shape index (κ2) is 24.0. The van der Waals surface area contributed by atoms with Crippen LogP contribution in [0.2, 0.25) is 0 Å². The summed E-state index contributed by atoms with van der Waals surface area (Å²) in [6, 6.07) is 8.95. The van der Waals surface area contributed by atoms with Gasteiger partial charge in [-0.1, -0.05) is 39.7 Å². The van der Waals surface area contributed by atoms with Crippen molar-refractivity contribution in [2.24, 2.45) is 17.3 Å². The second-order valence-corrected chi connectivity index (χ2v) is 19.8. The molecule has 0 spiro atoms. The third-order valence-electron chi connectivity index (χ3n) is 12.4. The van der Waals surface area contributed by atoms with Gasteiger partial charge in [-0.2, -0.15) is 0 Å². The van der Waals surface area contributed by atoms with E-state index >= 15 is 0 Å². The van der Waals surface area contributed by atoms with Crippen molar-refractivity contribution in [1.82, 2.24) is 34.6 Å². The number of aldehydes is 2. The minimum Gasteiger partial charge on any atom is -0.467 e. The first-order valence-electron chi connectivity index (χ1n) is 22.8. The Labute approximate surface area is 395 Å². The molecule has 4 atom stereocenters. The number of nitrogens with one attached hydrogen (secondary N) is 1. The van der Waals surface area contributed by atoms with Crippen LogP contribution in [0.3, 0.4) is 0 Å². The fraction of sp³-hybridized carbons (Fsp3) is 0.549. The maximum atomic E-state index is 13.9. The predicted molar refractivity (Wildman–Crippen MR) is 262 cm³/mol. The monoisotopic (exact) mass is 926 g/mol. The van der Waals surface area contributed by atoms with Crippen LogP contribution in [0.4, 0.5) is 0 Å². The summed E-state index contributed by atoms with van der Waals surface area (Å²) in [6.45, 7) is 20.4. The van der Waals surface area contributed by atoms with E-state index in [-0.39, 0.29) is 43.4 Å². The number of hydrogen-bond acceptors (Lipinski definition) is 12. The second-order valence-electron chi connectivity index (χ2n) is 18.8. The van der Waals surface area contributed by atoms with Gasteiger partial charge in [-0.15, -0.1) is 11.3 Å². The maximum Gasteiger partial charge on any atom is 0.298 e. The molecule has 0 bridgehead atoms. The molecule has 1 N–H and O–H groups in total. The van der Waals surface area contributed by atoms with E-state index < -0.39 is 29.0 Å². The van der Waals surface area contributed by atoms with E-state index in [2.05, 4.69) is 66.8 Å². The quantitative estimate of drug-likeness (QED) is 0.0547. The number of fused-ring (bicyclic) bond motifs is 1. The number of ether oxygens (including phenoxy) is 2. The largest absolute Gasteiger partial charge is 0.467 e. The third kappa shape index (κ3) is 13.4. The molecule has 66 heavy (non-hydrogen) atoms. The summed E-state index contributed by atoms with van der Waals surface area (Å²) >= 11 is 1.43. The van der Waals surface area contributed by atoms with Crippen LogP contribution in [-0.4, -0.2) is 132 Å². The molecular weight excluding hydrogens is 855 g/mol. The molecule has 0 radical (unpaired) electrons. The number of nitrogens with zero attached hydrogens (tertiary/aromatic N) is 6. The average molecular weight is 926 g/mol. The summed E-state index contributed by atoms with van der Waals surface area (Å²) in [5, 5.41) is 6.68. The lowest BCUT2D eigenvalue weighted by Crippen LogP contribution is -2.52. The zero-order valence-electron chi connectivity index (χ0n) is 41.3. The summed E-state index contributed by atoms with van der Waals surface area (Å²) in [5.41, 5.74) is 5.75. The molecule has 3 aromatic heterocycles. The smallest absolute Gasteiger partial charge is 0.298 e. The minimum atomic E-state index is -0.814. The molecule has 0 aliphatic heterocycles. The van der Waals surface area contributed by atoms with E-state index in [4.69, 9.17) is 19.4 Å². The summed E-state index contributed by atoms with van der Waals surface area (Å²) in [4.78, 5) is 78.0. The summed E-state index contributed by atoms with van der Waals surface area (Å²) in [6.07, 6.45) is 4.39. The Morgan fingerprint density at radius 1 is 1.03 bits per heavy atom. The van der Waals surface area contributed by atoms with Crippen molar-refractivity contribution < 1.29 is 33.4 Å². The molecule has 0 fully saturated rings.